The van der Waals surface area contributed by atoms with Crippen molar-refractivity contribution in [3.8, 4) is 10.6 Å². The minimum Gasteiger partial charge on any atom is -0.325 e. The summed E-state index contributed by atoms with van der Waals surface area (Å²) >= 11 is 1.65. The van der Waals surface area contributed by atoms with Gasteiger partial charge in [0.15, 0.2) is 0 Å². The Morgan fingerprint density at radius 3 is 2.68 bits per heavy atom. The van der Waals surface area contributed by atoms with Crippen molar-refractivity contribution >= 4 is 33.1 Å². The predicted octanol–water partition coefficient (Wildman–Crippen LogP) is 4.38. The molecule has 1 N–H and O–H groups in total. The second-order valence-electron chi connectivity index (χ2n) is 6.74. The summed E-state index contributed by atoms with van der Waals surface area (Å²) < 4.78 is 2.57. The lowest BCUT2D eigenvalue weighted by Crippen LogP contribution is -2.28. The molecule has 4 rings (SSSR count). The van der Waals surface area contributed by atoms with Crippen LogP contribution in [0.4, 0.5) is 5.69 Å². The SMILES string of the molecule is Cc1ccc2nc(-c3ccc(NC(=O)Cn4cccc(C)c4=O)cc3)sc2c1. The van der Waals surface area contributed by atoms with E-state index in [1.807, 2.05) is 30.3 Å². The van der Waals surface area contributed by atoms with Gasteiger partial charge in [-0.3, -0.25) is 9.59 Å². The smallest absolute Gasteiger partial charge is 0.253 e. The van der Waals surface area contributed by atoms with Gasteiger partial charge in [0.1, 0.15) is 11.6 Å². The lowest BCUT2D eigenvalue weighted by Gasteiger charge is -2.08. The van der Waals surface area contributed by atoms with Gasteiger partial charge in [-0.2, -0.15) is 0 Å². The quantitative estimate of drug-likeness (QED) is 0.563. The molecule has 0 aliphatic heterocycles. The number of thiazole rings is 1. The molecule has 0 saturated carbocycles. The molecular weight excluding hydrogens is 370 g/mol. The maximum atomic E-state index is 12.3. The molecule has 28 heavy (non-hydrogen) atoms. The number of nitrogens with zero attached hydrogens (tertiary/aromatic N) is 2. The van der Waals surface area contributed by atoms with Gasteiger partial charge in [0.25, 0.3) is 5.56 Å². The summed E-state index contributed by atoms with van der Waals surface area (Å²) in [6.07, 6.45) is 1.62. The van der Waals surface area contributed by atoms with Gasteiger partial charge in [0, 0.05) is 23.0 Å². The molecule has 4 aromatic rings. The lowest BCUT2D eigenvalue weighted by atomic mass is 10.2. The minimum atomic E-state index is -0.240. The maximum absolute atomic E-state index is 12.3. The Kier molecular flexibility index (Phi) is 4.79. The zero-order valence-electron chi connectivity index (χ0n) is 15.6. The average Bonchev–Trinajstić information content (AvgIpc) is 3.09. The summed E-state index contributed by atoms with van der Waals surface area (Å²) in [5, 5.41) is 3.78. The molecule has 0 saturated heterocycles. The molecule has 2 heterocycles. The number of pyridine rings is 1. The number of amides is 1. The highest BCUT2D eigenvalue weighted by Crippen LogP contribution is 2.31. The normalized spacial score (nSPS) is 10.9. The summed E-state index contributed by atoms with van der Waals surface area (Å²) in [4.78, 5) is 29.0. The number of nitrogens with one attached hydrogen (secondary N) is 1. The van der Waals surface area contributed by atoms with Crippen LogP contribution in [0.15, 0.2) is 65.6 Å². The second kappa shape index (κ2) is 7.40. The fraction of sp³-hybridized carbons (Fsp3) is 0.136. The first-order valence-electron chi connectivity index (χ1n) is 8.93. The van der Waals surface area contributed by atoms with E-state index in [4.69, 9.17) is 0 Å². The van der Waals surface area contributed by atoms with E-state index in [0.29, 0.717) is 11.3 Å². The van der Waals surface area contributed by atoms with Crippen LogP contribution >= 0.6 is 11.3 Å². The van der Waals surface area contributed by atoms with E-state index in [0.717, 1.165) is 20.8 Å². The number of carbonyl (C=O) groups excluding carboxylic acids is 1. The zero-order valence-corrected chi connectivity index (χ0v) is 16.4. The number of hydrogen-bond acceptors (Lipinski definition) is 4. The van der Waals surface area contributed by atoms with Crippen molar-refractivity contribution in [2.45, 2.75) is 20.4 Å². The van der Waals surface area contributed by atoms with Gasteiger partial charge in [-0.05, 0) is 61.9 Å². The fourth-order valence-electron chi connectivity index (χ4n) is 2.99. The molecule has 0 spiro atoms. The molecule has 140 valence electrons. The van der Waals surface area contributed by atoms with Crippen LogP contribution < -0.4 is 10.9 Å². The topological polar surface area (TPSA) is 64.0 Å². The van der Waals surface area contributed by atoms with Crippen molar-refractivity contribution in [3.63, 3.8) is 0 Å². The molecule has 5 nitrogen and oxygen atoms in total. The van der Waals surface area contributed by atoms with Crippen LogP contribution in [0.5, 0.6) is 0 Å². The molecule has 2 aromatic carbocycles. The first-order chi connectivity index (χ1) is 13.5. The highest BCUT2D eigenvalue weighted by Gasteiger charge is 2.09. The molecule has 0 aliphatic rings. The number of anilines is 1. The van der Waals surface area contributed by atoms with Gasteiger partial charge in [0.2, 0.25) is 5.91 Å². The van der Waals surface area contributed by atoms with Crippen molar-refractivity contribution in [1.29, 1.82) is 0 Å². The molecule has 2 aromatic heterocycles. The number of aryl methyl sites for hydroxylation is 2. The first kappa shape index (κ1) is 18.1. The zero-order chi connectivity index (χ0) is 19.7. The standard InChI is InChI=1S/C22H19N3O2S/c1-14-5-10-18-19(12-14)28-21(24-18)16-6-8-17(9-7-16)23-20(26)13-25-11-3-4-15(2)22(25)27/h3-12H,13H2,1-2H3,(H,23,26). The van der Waals surface area contributed by atoms with Gasteiger partial charge in [-0.25, -0.2) is 4.98 Å². The van der Waals surface area contributed by atoms with E-state index < -0.39 is 0 Å². The molecule has 0 aliphatic carbocycles. The Hall–Kier alpha value is -3.25. The van der Waals surface area contributed by atoms with Gasteiger partial charge >= 0.3 is 0 Å². The highest BCUT2D eigenvalue weighted by atomic mass is 32.1. The van der Waals surface area contributed by atoms with E-state index >= 15 is 0 Å². The predicted molar refractivity (Wildman–Crippen MR) is 114 cm³/mol. The summed E-state index contributed by atoms with van der Waals surface area (Å²) in [7, 11) is 0. The Morgan fingerprint density at radius 2 is 1.89 bits per heavy atom. The van der Waals surface area contributed by atoms with Gasteiger partial charge in [-0.15, -0.1) is 11.3 Å². The molecular formula is C22H19N3O2S. The molecule has 0 fully saturated rings. The van der Waals surface area contributed by atoms with Crippen molar-refractivity contribution in [2.75, 3.05) is 5.32 Å². The molecule has 0 atom stereocenters. The molecule has 0 bridgehead atoms. The van der Waals surface area contributed by atoms with Crippen LogP contribution in [0.2, 0.25) is 0 Å². The Bertz CT molecular complexity index is 1220. The summed E-state index contributed by atoms with van der Waals surface area (Å²) in [5.74, 6) is -0.240. The molecule has 0 radical (unpaired) electrons. The van der Waals surface area contributed by atoms with E-state index in [-0.39, 0.29) is 18.0 Å². The van der Waals surface area contributed by atoms with Crippen molar-refractivity contribution < 1.29 is 4.79 Å². The van der Waals surface area contributed by atoms with Crippen LogP contribution in [-0.4, -0.2) is 15.5 Å². The van der Waals surface area contributed by atoms with Crippen LogP contribution in [0.1, 0.15) is 11.1 Å². The summed E-state index contributed by atoms with van der Waals surface area (Å²) in [5.41, 5.74) is 4.36. The number of benzene rings is 2. The van der Waals surface area contributed by atoms with Crippen molar-refractivity contribution in [3.05, 3.63) is 82.3 Å². The highest BCUT2D eigenvalue weighted by molar-refractivity contribution is 7.21. The number of rotatable bonds is 4. The van der Waals surface area contributed by atoms with Crippen LogP contribution in [0.25, 0.3) is 20.8 Å². The number of fused-ring (bicyclic) bond motifs is 1. The lowest BCUT2D eigenvalue weighted by molar-refractivity contribution is -0.116. The van der Waals surface area contributed by atoms with E-state index in [2.05, 4.69) is 29.4 Å². The van der Waals surface area contributed by atoms with Crippen molar-refractivity contribution in [1.82, 2.24) is 9.55 Å². The van der Waals surface area contributed by atoms with E-state index in [1.54, 1.807) is 36.6 Å². The van der Waals surface area contributed by atoms with Crippen molar-refractivity contribution in [2.24, 2.45) is 0 Å². The van der Waals surface area contributed by atoms with Gasteiger partial charge in [-0.1, -0.05) is 12.1 Å². The van der Waals surface area contributed by atoms with Gasteiger partial charge in [0.05, 0.1) is 10.2 Å². The van der Waals surface area contributed by atoms with Crippen LogP contribution in [0, 0.1) is 13.8 Å². The van der Waals surface area contributed by atoms with E-state index in [9.17, 15) is 9.59 Å². The third kappa shape index (κ3) is 3.73. The fourth-order valence-corrected chi connectivity index (χ4v) is 4.06. The second-order valence-corrected chi connectivity index (χ2v) is 7.77. The number of aromatic nitrogens is 2. The van der Waals surface area contributed by atoms with Crippen LogP contribution in [0.3, 0.4) is 0 Å². The number of hydrogen-bond donors (Lipinski definition) is 1. The third-order valence-corrected chi connectivity index (χ3v) is 5.55. The Morgan fingerprint density at radius 1 is 1.11 bits per heavy atom. The average molecular weight is 389 g/mol. The van der Waals surface area contributed by atoms with E-state index in [1.165, 1.54) is 10.1 Å². The molecule has 6 heteroatoms. The van der Waals surface area contributed by atoms with Crippen LogP contribution in [-0.2, 0) is 11.3 Å². The molecule has 1 amide bonds. The number of carbonyl (C=O) groups is 1. The maximum Gasteiger partial charge on any atom is 0.253 e. The minimum absolute atomic E-state index is 0.0144. The Labute approximate surface area is 166 Å². The monoisotopic (exact) mass is 389 g/mol. The third-order valence-electron chi connectivity index (χ3n) is 4.48. The largest absolute Gasteiger partial charge is 0.325 e. The first-order valence-corrected chi connectivity index (χ1v) is 9.75. The molecule has 0 unspecified atom stereocenters. The summed E-state index contributed by atoms with van der Waals surface area (Å²) in [6.45, 7) is 3.79. The Balaban J connectivity index is 1.48. The summed E-state index contributed by atoms with van der Waals surface area (Å²) in [6, 6.07) is 17.3. The van der Waals surface area contributed by atoms with Gasteiger partial charge < -0.3 is 9.88 Å².